The van der Waals surface area contributed by atoms with Crippen molar-refractivity contribution in [2.75, 3.05) is 26.7 Å². The SMILES string of the molecule is CC1CN(Cc2ccc(O)cc2)CCN1C. The van der Waals surface area contributed by atoms with Gasteiger partial charge < -0.3 is 10.0 Å². The monoisotopic (exact) mass is 220 g/mol. The minimum atomic E-state index is 0.343. The first-order valence-electron chi connectivity index (χ1n) is 5.85. The van der Waals surface area contributed by atoms with E-state index in [0.717, 1.165) is 26.2 Å². The Morgan fingerprint density at radius 2 is 1.94 bits per heavy atom. The van der Waals surface area contributed by atoms with Gasteiger partial charge in [0.2, 0.25) is 0 Å². The van der Waals surface area contributed by atoms with Gasteiger partial charge >= 0.3 is 0 Å². The van der Waals surface area contributed by atoms with E-state index in [9.17, 15) is 5.11 Å². The molecule has 3 heteroatoms. The van der Waals surface area contributed by atoms with E-state index < -0.39 is 0 Å². The average Bonchev–Trinajstić information content (AvgIpc) is 2.27. The number of phenols is 1. The molecule has 1 unspecified atom stereocenters. The van der Waals surface area contributed by atoms with E-state index in [-0.39, 0.29) is 0 Å². The Bertz CT molecular complexity index is 336. The lowest BCUT2D eigenvalue weighted by Gasteiger charge is -2.37. The lowest BCUT2D eigenvalue weighted by Crippen LogP contribution is -2.49. The second-order valence-corrected chi connectivity index (χ2v) is 4.73. The van der Waals surface area contributed by atoms with Crippen LogP contribution in [0.3, 0.4) is 0 Å². The van der Waals surface area contributed by atoms with Crippen molar-refractivity contribution in [2.24, 2.45) is 0 Å². The lowest BCUT2D eigenvalue weighted by atomic mass is 10.1. The summed E-state index contributed by atoms with van der Waals surface area (Å²) in [4.78, 5) is 4.87. The Morgan fingerprint density at radius 3 is 2.56 bits per heavy atom. The average molecular weight is 220 g/mol. The first-order chi connectivity index (χ1) is 7.65. The van der Waals surface area contributed by atoms with Gasteiger partial charge in [-0.3, -0.25) is 4.90 Å². The predicted octanol–water partition coefficient (Wildman–Crippen LogP) is 1.53. The van der Waals surface area contributed by atoms with Gasteiger partial charge in [0.1, 0.15) is 5.75 Å². The van der Waals surface area contributed by atoms with E-state index in [1.165, 1.54) is 5.56 Å². The molecule has 1 aromatic rings. The van der Waals surface area contributed by atoms with Crippen molar-refractivity contribution >= 4 is 0 Å². The summed E-state index contributed by atoms with van der Waals surface area (Å²) in [7, 11) is 2.18. The molecular formula is C13H20N2O. The molecule has 2 rings (SSSR count). The summed E-state index contributed by atoms with van der Waals surface area (Å²) in [5.41, 5.74) is 1.27. The van der Waals surface area contributed by atoms with Crippen molar-refractivity contribution in [3.63, 3.8) is 0 Å². The van der Waals surface area contributed by atoms with Crippen LogP contribution in [0.4, 0.5) is 0 Å². The molecule has 88 valence electrons. The first-order valence-corrected chi connectivity index (χ1v) is 5.85. The molecule has 1 N–H and O–H groups in total. The van der Waals surface area contributed by atoms with Crippen LogP contribution >= 0.6 is 0 Å². The second kappa shape index (κ2) is 4.85. The van der Waals surface area contributed by atoms with Crippen LogP contribution in [0.5, 0.6) is 5.75 Å². The maximum atomic E-state index is 9.22. The molecule has 0 amide bonds. The van der Waals surface area contributed by atoms with Crippen LogP contribution in [0, 0.1) is 0 Å². The van der Waals surface area contributed by atoms with Gasteiger partial charge in [-0.2, -0.15) is 0 Å². The molecule has 0 radical (unpaired) electrons. The molecule has 0 saturated carbocycles. The standard InChI is InChI=1S/C13H20N2O/c1-11-9-15(8-7-14(11)2)10-12-3-5-13(16)6-4-12/h3-6,11,16H,7-10H2,1-2H3. The van der Waals surface area contributed by atoms with Crippen molar-refractivity contribution < 1.29 is 5.11 Å². The third kappa shape index (κ3) is 2.74. The second-order valence-electron chi connectivity index (χ2n) is 4.73. The van der Waals surface area contributed by atoms with Gasteiger partial charge in [0, 0.05) is 32.2 Å². The zero-order valence-corrected chi connectivity index (χ0v) is 10.1. The van der Waals surface area contributed by atoms with E-state index >= 15 is 0 Å². The minimum absolute atomic E-state index is 0.343. The summed E-state index contributed by atoms with van der Waals surface area (Å²) < 4.78 is 0. The Morgan fingerprint density at radius 1 is 1.25 bits per heavy atom. The summed E-state index contributed by atoms with van der Waals surface area (Å²) >= 11 is 0. The molecule has 1 fully saturated rings. The number of benzene rings is 1. The molecule has 0 spiro atoms. The molecule has 0 aromatic heterocycles. The first kappa shape index (κ1) is 11.4. The zero-order valence-electron chi connectivity index (χ0n) is 10.1. The number of piperazine rings is 1. The number of aromatic hydroxyl groups is 1. The summed E-state index contributed by atoms with van der Waals surface area (Å²) in [6.07, 6.45) is 0. The van der Waals surface area contributed by atoms with Gasteiger partial charge in [0.25, 0.3) is 0 Å². The molecule has 1 aromatic carbocycles. The maximum absolute atomic E-state index is 9.22. The van der Waals surface area contributed by atoms with Crippen LogP contribution in [0.2, 0.25) is 0 Å². The van der Waals surface area contributed by atoms with E-state index in [4.69, 9.17) is 0 Å². The fourth-order valence-electron chi connectivity index (χ4n) is 2.13. The molecule has 1 heterocycles. The highest BCUT2D eigenvalue weighted by Gasteiger charge is 2.20. The van der Waals surface area contributed by atoms with Crippen molar-refractivity contribution in [3.05, 3.63) is 29.8 Å². The highest BCUT2D eigenvalue weighted by molar-refractivity contribution is 5.25. The number of hydrogen-bond acceptors (Lipinski definition) is 3. The Hall–Kier alpha value is -1.06. The molecule has 1 saturated heterocycles. The Kier molecular flexibility index (Phi) is 3.46. The number of likely N-dealkylation sites (N-methyl/N-ethyl adjacent to an activating group) is 1. The Labute approximate surface area is 97.3 Å². The molecular weight excluding hydrogens is 200 g/mol. The molecule has 1 aliphatic heterocycles. The quantitative estimate of drug-likeness (QED) is 0.819. The van der Waals surface area contributed by atoms with E-state index in [1.54, 1.807) is 12.1 Å². The third-order valence-corrected chi connectivity index (χ3v) is 3.39. The van der Waals surface area contributed by atoms with Gasteiger partial charge in [-0.05, 0) is 31.7 Å². The molecule has 16 heavy (non-hydrogen) atoms. The van der Waals surface area contributed by atoms with Crippen molar-refractivity contribution in [3.8, 4) is 5.75 Å². The Balaban J connectivity index is 1.93. The highest BCUT2D eigenvalue weighted by atomic mass is 16.3. The zero-order chi connectivity index (χ0) is 11.5. The normalized spacial score (nSPS) is 23.5. The van der Waals surface area contributed by atoms with Crippen molar-refractivity contribution in [1.82, 2.24) is 9.80 Å². The van der Waals surface area contributed by atoms with Gasteiger partial charge in [0.05, 0.1) is 0 Å². The fraction of sp³-hybridized carbons (Fsp3) is 0.538. The summed E-state index contributed by atoms with van der Waals surface area (Å²) in [5.74, 6) is 0.343. The van der Waals surface area contributed by atoms with E-state index in [2.05, 4.69) is 23.8 Å². The van der Waals surface area contributed by atoms with Crippen molar-refractivity contribution in [1.29, 1.82) is 0 Å². The van der Waals surface area contributed by atoms with Gasteiger partial charge in [-0.15, -0.1) is 0 Å². The number of nitrogens with zero attached hydrogens (tertiary/aromatic N) is 2. The topological polar surface area (TPSA) is 26.7 Å². The van der Waals surface area contributed by atoms with Crippen LogP contribution in [-0.2, 0) is 6.54 Å². The smallest absolute Gasteiger partial charge is 0.115 e. The van der Waals surface area contributed by atoms with Gasteiger partial charge in [-0.25, -0.2) is 0 Å². The summed E-state index contributed by atoms with van der Waals surface area (Å²) in [6, 6.07) is 8.14. The van der Waals surface area contributed by atoms with Crippen LogP contribution in [0.15, 0.2) is 24.3 Å². The molecule has 1 atom stereocenters. The molecule has 0 bridgehead atoms. The predicted molar refractivity (Wildman–Crippen MR) is 65.5 cm³/mol. The van der Waals surface area contributed by atoms with Crippen LogP contribution in [0.1, 0.15) is 12.5 Å². The molecule has 1 aliphatic rings. The largest absolute Gasteiger partial charge is 0.508 e. The third-order valence-electron chi connectivity index (χ3n) is 3.39. The number of phenolic OH excluding ortho intramolecular Hbond substituents is 1. The van der Waals surface area contributed by atoms with Gasteiger partial charge in [0.15, 0.2) is 0 Å². The summed E-state index contributed by atoms with van der Waals surface area (Å²) in [5, 5.41) is 9.22. The minimum Gasteiger partial charge on any atom is -0.508 e. The maximum Gasteiger partial charge on any atom is 0.115 e. The summed E-state index contributed by atoms with van der Waals surface area (Å²) in [6.45, 7) is 6.64. The van der Waals surface area contributed by atoms with Crippen LogP contribution < -0.4 is 0 Å². The molecule has 0 aliphatic carbocycles. The number of rotatable bonds is 2. The molecule has 3 nitrogen and oxygen atoms in total. The van der Waals surface area contributed by atoms with Crippen LogP contribution in [0.25, 0.3) is 0 Å². The highest BCUT2D eigenvalue weighted by Crippen LogP contribution is 2.14. The van der Waals surface area contributed by atoms with E-state index in [0.29, 0.717) is 11.8 Å². The fourth-order valence-corrected chi connectivity index (χ4v) is 2.13. The lowest BCUT2D eigenvalue weighted by molar-refractivity contribution is 0.1000. The van der Waals surface area contributed by atoms with Crippen molar-refractivity contribution in [2.45, 2.75) is 19.5 Å². The number of hydrogen-bond donors (Lipinski definition) is 1. The van der Waals surface area contributed by atoms with E-state index in [1.807, 2.05) is 12.1 Å². The van der Waals surface area contributed by atoms with Crippen LogP contribution in [-0.4, -0.2) is 47.6 Å². The van der Waals surface area contributed by atoms with Gasteiger partial charge in [-0.1, -0.05) is 12.1 Å².